The van der Waals surface area contributed by atoms with Crippen LogP contribution in [0.2, 0.25) is 0 Å². The SMILES string of the molecule is CN1CCCC1COc1nc2c(c(N3CCN(C(=O)OCc4ccccc4)C(CC#N)C3)n1)CN(C(=O)O)C2. The van der Waals surface area contributed by atoms with Crippen molar-refractivity contribution in [3.8, 4) is 12.1 Å². The molecule has 12 heteroatoms. The van der Waals surface area contributed by atoms with Crippen LogP contribution in [0.25, 0.3) is 0 Å². The van der Waals surface area contributed by atoms with Gasteiger partial charge in [-0.2, -0.15) is 15.2 Å². The second kappa shape index (κ2) is 11.7. The molecule has 0 bridgehead atoms. The Morgan fingerprint density at radius 2 is 1.95 bits per heavy atom. The van der Waals surface area contributed by atoms with Crippen LogP contribution in [0.3, 0.4) is 0 Å². The van der Waals surface area contributed by atoms with Gasteiger partial charge in [-0.25, -0.2) is 9.59 Å². The number of benzene rings is 1. The van der Waals surface area contributed by atoms with Crippen LogP contribution in [0.4, 0.5) is 15.4 Å². The summed E-state index contributed by atoms with van der Waals surface area (Å²) < 4.78 is 11.6. The highest BCUT2D eigenvalue weighted by molar-refractivity contribution is 5.69. The number of nitrogens with zero attached hydrogens (tertiary/aromatic N) is 7. The minimum Gasteiger partial charge on any atom is -0.465 e. The number of carbonyl (C=O) groups excluding carboxylic acids is 1. The molecule has 4 heterocycles. The number of likely N-dealkylation sites (tertiary alicyclic amines) is 1. The molecular formula is C27H33N7O5. The van der Waals surface area contributed by atoms with E-state index in [1.165, 1.54) is 4.90 Å². The molecule has 2 amide bonds. The predicted octanol–water partition coefficient (Wildman–Crippen LogP) is 2.68. The number of carbonyl (C=O) groups is 2. The molecule has 0 radical (unpaired) electrons. The van der Waals surface area contributed by atoms with E-state index in [-0.39, 0.29) is 38.2 Å². The van der Waals surface area contributed by atoms with E-state index in [2.05, 4.69) is 23.0 Å². The van der Waals surface area contributed by atoms with Gasteiger partial charge in [0, 0.05) is 31.2 Å². The standard InChI is InChI=1S/C27H33N7O5/c1-31-11-5-8-21(31)18-38-25-29-23-16-33(26(35)36)15-22(23)24(30-25)32-12-13-34(20(14-32)9-10-28)27(37)39-17-19-6-3-2-4-7-19/h2-4,6-7,20-21H,5,8-9,11-18H2,1H3,(H,35,36). The van der Waals surface area contributed by atoms with Gasteiger partial charge in [0.25, 0.3) is 0 Å². The number of aromatic nitrogens is 2. The maximum Gasteiger partial charge on any atom is 0.410 e. The van der Waals surface area contributed by atoms with Gasteiger partial charge in [0.15, 0.2) is 0 Å². The average Bonchev–Trinajstić information content (AvgIpc) is 3.57. The molecule has 5 rings (SSSR count). The van der Waals surface area contributed by atoms with Crippen molar-refractivity contribution in [2.24, 2.45) is 0 Å². The first-order valence-corrected chi connectivity index (χ1v) is 13.2. The third kappa shape index (κ3) is 5.98. The van der Waals surface area contributed by atoms with Crippen molar-refractivity contribution < 1.29 is 24.2 Å². The van der Waals surface area contributed by atoms with E-state index in [9.17, 15) is 20.0 Å². The summed E-state index contributed by atoms with van der Waals surface area (Å²) in [7, 11) is 2.07. The van der Waals surface area contributed by atoms with Crippen molar-refractivity contribution in [2.75, 3.05) is 44.7 Å². The van der Waals surface area contributed by atoms with E-state index in [0.717, 1.165) is 30.5 Å². The molecule has 2 aromatic rings. The summed E-state index contributed by atoms with van der Waals surface area (Å²) in [6.45, 7) is 3.11. The predicted molar refractivity (Wildman–Crippen MR) is 140 cm³/mol. The highest BCUT2D eigenvalue weighted by atomic mass is 16.6. The summed E-state index contributed by atoms with van der Waals surface area (Å²) >= 11 is 0. The number of nitriles is 1. The quantitative estimate of drug-likeness (QED) is 0.564. The molecule has 1 aromatic carbocycles. The molecule has 2 unspecified atom stereocenters. The summed E-state index contributed by atoms with van der Waals surface area (Å²) in [5.74, 6) is 0.596. The number of likely N-dealkylation sites (N-methyl/N-ethyl adjacent to an activating group) is 1. The maximum atomic E-state index is 13.0. The first-order chi connectivity index (χ1) is 18.9. The lowest BCUT2D eigenvalue weighted by Gasteiger charge is -2.40. The van der Waals surface area contributed by atoms with E-state index in [4.69, 9.17) is 14.5 Å². The number of hydrogen-bond acceptors (Lipinski definition) is 9. The van der Waals surface area contributed by atoms with E-state index >= 15 is 0 Å². The van der Waals surface area contributed by atoms with Crippen LogP contribution in [0.5, 0.6) is 6.01 Å². The Morgan fingerprint density at radius 3 is 2.67 bits per heavy atom. The lowest BCUT2D eigenvalue weighted by atomic mass is 10.1. The number of anilines is 1. The van der Waals surface area contributed by atoms with Crippen LogP contribution in [0.15, 0.2) is 30.3 Å². The zero-order chi connectivity index (χ0) is 27.4. The van der Waals surface area contributed by atoms with Crippen LogP contribution in [0, 0.1) is 11.3 Å². The third-order valence-corrected chi connectivity index (χ3v) is 7.64. The molecule has 2 fully saturated rings. The fourth-order valence-electron chi connectivity index (χ4n) is 5.41. The van der Waals surface area contributed by atoms with Gasteiger partial charge in [0.05, 0.1) is 37.3 Å². The van der Waals surface area contributed by atoms with Crippen molar-refractivity contribution in [1.29, 1.82) is 5.26 Å². The van der Waals surface area contributed by atoms with Gasteiger partial charge in [-0.1, -0.05) is 30.3 Å². The molecule has 0 aliphatic carbocycles. The molecule has 39 heavy (non-hydrogen) atoms. The van der Waals surface area contributed by atoms with Crippen molar-refractivity contribution in [3.05, 3.63) is 47.2 Å². The molecule has 1 N–H and O–H groups in total. The highest BCUT2D eigenvalue weighted by Gasteiger charge is 2.36. The Labute approximate surface area is 227 Å². The number of rotatable bonds is 7. The van der Waals surface area contributed by atoms with Gasteiger partial charge < -0.3 is 29.3 Å². The van der Waals surface area contributed by atoms with Gasteiger partial charge in [-0.15, -0.1) is 0 Å². The van der Waals surface area contributed by atoms with Gasteiger partial charge in [-0.05, 0) is 32.0 Å². The first-order valence-electron chi connectivity index (χ1n) is 13.2. The Bertz CT molecular complexity index is 1240. The fraction of sp³-hybridized carbons (Fsp3) is 0.519. The van der Waals surface area contributed by atoms with E-state index in [1.54, 1.807) is 4.90 Å². The average molecular weight is 536 g/mol. The number of piperazine rings is 1. The molecule has 12 nitrogen and oxygen atoms in total. The van der Waals surface area contributed by atoms with Gasteiger partial charge >= 0.3 is 18.2 Å². The van der Waals surface area contributed by atoms with E-state index in [1.807, 2.05) is 35.2 Å². The lowest BCUT2D eigenvalue weighted by molar-refractivity contribution is 0.0767. The van der Waals surface area contributed by atoms with Crippen LogP contribution in [-0.2, 0) is 24.4 Å². The maximum absolute atomic E-state index is 13.0. The highest BCUT2D eigenvalue weighted by Crippen LogP contribution is 2.33. The largest absolute Gasteiger partial charge is 0.465 e. The summed E-state index contributed by atoms with van der Waals surface area (Å²) in [6, 6.07) is 11.7. The molecule has 206 valence electrons. The molecule has 1 aromatic heterocycles. The van der Waals surface area contributed by atoms with Crippen LogP contribution >= 0.6 is 0 Å². The normalized spacial score (nSPS) is 21.0. The van der Waals surface area contributed by atoms with Crippen LogP contribution < -0.4 is 9.64 Å². The second-order valence-electron chi connectivity index (χ2n) is 10.2. The third-order valence-electron chi connectivity index (χ3n) is 7.64. The zero-order valence-corrected chi connectivity index (χ0v) is 22.0. The van der Waals surface area contributed by atoms with Gasteiger partial charge in [0.2, 0.25) is 0 Å². The fourth-order valence-corrected chi connectivity index (χ4v) is 5.41. The molecule has 2 saturated heterocycles. The number of carboxylic acid groups (broad SMARTS) is 1. The van der Waals surface area contributed by atoms with Crippen LogP contribution in [-0.4, -0.2) is 93.9 Å². The number of ether oxygens (including phenoxy) is 2. The minimum atomic E-state index is -1.03. The summed E-state index contributed by atoms with van der Waals surface area (Å²) in [6.07, 6.45) is 0.797. The van der Waals surface area contributed by atoms with Gasteiger partial charge in [-0.3, -0.25) is 4.90 Å². The van der Waals surface area contributed by atoms with E-state index < -0.39 is 18.2 Å². The summed E-state index contributed by atoms with van der Waals surface area (Å²) in [4.78, 5) is 41.1. The van der Waals surface area contributed by atoms with Crippen molar-refractivity contribution in [3.63, 3.8) is 0 Å². The smallest absolute Gasteiger partial charge is 0.410 e. The Balaban J connectivity index is 1.33. The van der Waals surface area contributed by atoms with Crippen molar-refractivity contribution in [1.82, 2.24) is 24.7 Å². The van der Waals surface area contributed by atoms with Crippen molar-refractivity contribution in [2.45, 2.75) is 51.0 Å². The Hall–Kier alpha value is -4.11. The molecular weight excluding hydrogens is 502 g/mol. The Kier molecular flexibility index (Phi) is 7.97. The Morgan fingerprint density at radius 1 is 1.13 bits per heavy atom. The molecule has 3 aliphatic rings. The van der Waals surface area contributed by atoms with Gasteiger partial charge in [0.1, 0.15) is 19.0 Å². The number of hydrogen-bond donors (Lipinski definition) is 1. The topological polar surface area (TPSA) is 135 Å². The molecule has 0 spiro atoms. The van der Waals surface area contributed by atoms with E-state index in [0.29, 0.717) is 37.8 Å². The van der Waals surface area contributed by atoms with Crippen molar-refractivity contribution >= 4 is 18.0 Å². The summed E-state index contributed by atoms with van der Waals surface area (Å²) in [5, 5.41) is 19.1. The number of amides is 2. The molecule has 2 atom stereocenters. The zero-order valence-electron chi connectivity index (χ0n) is 22.0. The first kappa shape index (κ1) is 26.5. The lowest BCUT2D eigenvalue weighted by Crippen LogP contribution is -2.55. The molecule has 3 aliphatic heterocycles. The number of fused-ring (bicyclic) bond motifs is 1. The van der Waals surface area contributed by atoms with Crippen LogP contribution in [0.1, 0.15) is 36.1 Å². The monoisotopic (exact) mass is 535 g/mol. The molecule has 0 saturated carbocycles. The second-order valence-corrected chi connectivity index (χ2v) is 10.2. The minimum absolute atomic E-state index is 0.128. The summed E-state index contributed by atoms with van der Waals surface area (Å²) in [5.41, 5.74) is 2.24.